The average Bonchev–Trinajstić information content (AvgIpc) is 3.21. The molecule has 0 heterocycles. The number of unbranched alkanes of at least 4 members (excludes halogenated alkanes) is 1. The maximum Gasteiger partial charge on any atom is 0.413 e. The molecule has 3 rings (SSSR count). The number of ether oxygens (including phenoxy) is 2. The zero-order chi connectivity index (χ0) is 27.7. The highest BCUT2D eigenvalue weighted by molar-refractivity contribution is 7.80. The Morgan fingerprint density at radius 1 is 1.00 bits per heavy atom. The van der Waals surface area contributed by atoms with E-state index in [9.17, 15) is 14.4 Å². The van der Waals surface area contributed by atoms with E-state index in [-0.39, 0.29) is 24.0 Å². The SMILES string of the molecule is CC(C)(C)OC(=O)NC(=S)NCCCCNC(=O)CC(N)C(=O)OCc1ccc2c(c1)-c1ccccc1C2. The van der Waals surface area contributed by atoms with Gasteiger partial charge in [-0.2, -0.15) is 0 Å². The van der Waals surface area contributed by atoms with Gasteiger partial charge in [0.15, 0.2) is 5.11 Å². The number of carbonyl (C=O) groups is 3. The molecule has 0 spiro atoms. The summed E-state index contributed by atoms with van der Waals surface area (Å²) in [5.74, 6) is -0.935. The summed E-state index contributed by atoms with van der Waals surface area (Å²) in [6, 6.07) is 13.3. The van der Waals surface area contributed by atoms with Crippen LogP contribution in [-0.4, -0.2) is 47.8 Å². The van der Waals surface area contributed by atoms with Crippen LogP contribution in [0.1, 0.15) is 56.7 Å². The van der Waals surface area contributed by atoms with Gasteiger partial charge in [0.2, 0.25) is 5.91 Å². The molecule has 0 radical (unpaired) electrons. The van der Waals surface area contributed by atoms with Crippen LogP contribution < -0.4 is 21.7 Å². The second-order valence-electron chi connectivity index (χ2n) is 10.2. The monoisotopic (exact) mass is 540 g/mol. The fraction of sp³-hybridized carbons (Fsp3) is 0.429. The van der Waals surface area contributed by atoms with E-state index in [1.54, 1.807) is 20.8 Å². The highest BCUT2D eigenvalue weighted by Gasteiger charge is 2.21. The molecule has 1 aliphatic rings. The normalized spacial score (nSPS) is 12.5. The van der Waals surface area contributed by atoms with Gasteiger partial charge in [0.1, 0.15) is 18.2 Å². The number of rotatable bonds is 10. The Labute approximate surface area is 228 Å². The number of hydrogen-bond donors (Lipinski definition) is 4. The predicted octanol–water partition coefficient (Wildman–Crippen LogP) is 3.31. The van der Waals surface area contributed by atoms with E-state index in [1.165, 1.54) is 16.7 Å². The molecule has 0 aromatic heterocycles. The van der Waals surface area contributed by atoms with E-state index in [1.807, 2.05) is 24.3 Å². The molecule has 0 aliphatic heterocycles. The minimum Gasteiger partial charge on any atom is -0.460 e. The number of alkyl carbamates (subject to hydrolysis) is 1. The average molecular weight is 541 g/mol. The van der Waals surface area contributed by atoms with E-state index in [4.69, 9.17) is 27.4 Å². The van der Waals surface area contributed by atoms with Crippen LogP contribution in [0.4, 0.5) is 4.79 Å². The van der Waals surface area contributed by atoms with Crippen LogP contribution in [0, 0.1) is 0 Å². The van der Waals surface area contributed by atoms with Crippen LogP contribution in [0.3, 0.4) is 0 Å². The molecule has 38 heavy (non-hydrogen) atoms. The lowest BCUT2D eigenvalue weighted by Gasteiger charge is -2.20. The largest absolute Gasteiger partial charge is 0.460 e. The molecular formula is C28H36N4O5S. The smallest absolute Gasteiger partial charge is 0.413 e. The minimum atomic E-state index is -1.04. The van der Waals surface area contributed by atoms with Crippen molar-refractivity contribution in [3.05, 3.63) is 59.2 Å². The molecule has 204 valence electrons. The van der Waals surface area contributed by atoms with Crippen LogP contribution >= 0.6 is 12.2 Å². The van der Waals surface area contributed by atoms with Gasteiger partial charge in [0, 0.05) is 13.1 Å². The molecule has 0 saturated heterocycles. The molecule has 1 aliphatic carbocycles. The van der Waals surface area contributed by atoms with Crippen molar-refractivity contribution in [2.75, 3.05) is 13.1 Å². The summed E-state index contributed by atoms with van der Waals surface area (Å²) in [5.41, 5.74) is 11.1. The molecule has 10 heteroatoms. The first-order valence-corrected chi connectivity index (χ1v) is 13.1. The first-order valence-electron chi connectivity index (χ1n) is 12.7. The van der Waals surface area contributed by atoms with Crippen molar-refractivity contribution < 1.29 is 23.9 Å². The van der Waals surface area contributed by atoms with Gasteiger partial charge >= 0.3 is 12.1 Å². The number of hydrogen-bond acceptors (Lipinski definition) is 7. The van der Waals surface area contributed by atoms with E-state index in [0.717, 1.165) is 17.5 Å². The Morgan fingerprint density at radius 2 is 1.68 bits per heavy atom. The number of fused-ring (bicyclic) bond motifs is 3. The van der Waals surface area contributed by atoms with Crippen LogP contribution in [-0.2, 0) is 32.1 Å². The maximum absolute atomic E-state index is 12.3. The summed E-state index contributed by atoms with van der Waals surface area (Å²) in [5, 5.41) is 8.28. The topological polar surface area (TPSA) is 132 Å². The van der Waals surface area contributed by atoms with Crippen molar-refractivity contribution in [1.82, 2.24) is 16.0 Å². The second-order valence-corrected chi connectivity index (χ2v) is 10.6. The Kier molecular flexibility index (Phi) is 10.2. The Bertz CT molecular complexity index is 1180. The van der Waals surface area contributed by atoms with Gasteiger partial charge in [-0.1, -0.05) is 36.4 Å². The highest BCUT2D eigenvalue weighted by Crippen LogP contribution is 2.36. The summed E-state index contributed by atoms with van der Waals surface area (Å²) in [6.07, 6.45) is 1.51. The quantitative estimate of drug-likeness (QED) is 0.175. The highest BCUT2D eigenvalue weighted by atomic mass is 32.1. The van der Waals surface area contributed by atoms with Crippen molar-refractivity contribution in [2.45, 2.75) is 64.7 Å². The molecule has 2 aromatic rings. The second kappa shape index (κ2) is 13.3. The third-order valence-corrected chi connectivity index (χ3v) is 6.02. The lowest BCUT2D eigenvalue weighted by atomic mass is 10.0. The lowest BCUT2D eigenvalue weighted by Crippen LogP contribution is -2.42. The van der Waals surface area contributed by atoms with Crippen LogP contribution in [0.25, 0.3) is 11.1 Å². The third-order valence-electron chi connectivity index (χ3n) is 5.78. The molecule has 0 bridgehead atoms. The maximum atomic E-state index is 12.3. The van der Waals surface area contributed by atoms with Gasteiger partial charge in [-0.05, 0) is 86.1 Å². The molecule has 1 atom stereocenters. The Morgan fingerprint density at radius 3 is 2.42 bits per heavy atom. The zero-order valence-corrected chi connectivity index (χ0v) is 22.9. The summed E-state index contributed by atoms with van der Waals surface area (Å²) >= 11 is 5.05. The van der Waals surface area contributed by atoms with E-state index in [0.29, 0.717) is 25.9 Å². The summed E-state index contributed by atoms with van der Waals surface area (Å²) < 4.78 is 10.5. The molecule has 2 amide bonds. The number of amides is 2. The first-order chi connectivity index (χ1) is 18.0. The number of thiocarbonyl (C=S) groups is 1. The molecule has 5 N–H and O–H groups in total. The molecule has 0 saturated carbocycles. The van der Waals surface area contributed by atoms with Gasteiger partial charge in [0.05, 0.1) is 6.42 Å². The van der Waals surface area contributed by atoms with E-state index in [2.05, 4.69) is 34.1 Å². The molecule has 9 nitrogen and oxygen atoms in total. The van der Waals surface area contributed by atoms with Crippen molar-refractivity contribution in [3.63, 3.8) is 0 Å². The van der Waals surface area contributed by atoms with Gasteiger partial charge in [-0.15, -0.1) is 0 Å². The van der Waals surface area contributed by atoms with Gasteiger partial charge < -0.3 is 25.8 Å². The fourth-order valence-electron chi connectivity index (χ4n) is 4.00. The van der Waals surface area contributed by atoms with Crippen LogP contribution in [0.15, 0.2) is 42.5 Å². The number of esters is 1. The van der Waals surface area contributed by atoms with Crippen LogP contribution in [0.2, 0.25) is 0 Å². The molecule has 1 unspecified atom stereocenters. The minimum absolute atomic E-state index is 0.0985. The summed E-state index contributed by atoms with van der Waals surface area (Å²) in [6.45, 7) is 6.34. The zero-order valence-electron chi connectivity index (χ0n) is 22.1. The number of nitrogens with one attached hydrogen (secondary N) is 3. The van der Waals surface area contributed by atoms with Gasteiger partial charge in [-0.25, -0.2) is 4.79 Å². The van der Waals surface area contributed by atoms with E-state index >= 15 is 0 Å². The van der Waals surface area contributed by atoms with Crippen molar-refractivity contribution in [2.24, 2.45) is 5.73 Å². The summed E-state index contributed by atoms with van der Waals surface area (Å²) in [4.78, 5) is 36.1. The standard InChI is InChI=1S/C28H36N4O5S/c1-28(2,3)37-27(35)32-26(38)31-13-7-6-12-30-24(33)16-23(29)25(34)36-17-18-10-11-20-15-19-8-4-5-9-21(19)22(20)14-18/h4-5,8-11,14,23H,6-7,12-13,15-17,29H2,1-3H3,(H,30,33)(H2,31,32,35,38). The van der Waals surface area contributed by atoms with Gasteiger partial charge in [0.25, 0.3) is 0 Å². The van der Waals surface area contributed by atoms with Crippen molar-refractivity contribution in [1.29, 1.82) is 0 Å². The molecule has 2 aromatic carbocycles. The predicted molar refractivity (Wildman–Crippen MR) is 149 cm³/mol. The number of carbonyl (C=O) groups excluding carboxylic acids is 3. The molecular weight excluding hydrogens is 504 g/mol. The Hall–Kier alpha value is -3.50. The lowest BCUT2D eigenvalue weighted by molar-refractivity contribution is -0.148. The molecule has 0 fully saturated rings. The Balaban J connectivity index is 1.28. The van der Waals surface area contributed by atoms with E-state index < -0.39 is 23.7 Å². The first kappa shape index (κ1) is 29.1. The fourth-order valence-corrected chi connectivity index (χ4v) is 4.18. The van der Waals surface area contributed by atoms with Crippen molar-refractivity contribution in [3.8, 4) is 11.1 Å². The number of nitrogens with two attached hydrogens (primary N) is 1. The van der Waals surface area contributed by atoms with Crippen LogP contribution in [0.5, 0.6) is 0 Å². The number of benzene rings is 2. The van der Waals surface area contributed by atoms with Gasteiger partial charge in [-0.3, -0.25) is 14.9 Å². The third kappa shape index (κ3) is 9.11. The summed E-state index contributed by atoms with van der Waals surface area (Å²) in [7, 11) is 0. The van der Waals surface area contributed by atoms with Crippen molar-refractivity contribution >= 4 is 35.3 Å².